The van der Waals surface area contributed by atoms with Crippen molar-refractivity contribution in [1.82, 2.24) is 9.78 Å². The fourth-order valence-electron chi connectivity index (χ4n) is 1.05. The van der Waals surface area contributed by atoms with Gasteiger partial charge in [-0.1, -0.05) is 0 Å². The van der Waals surface area contributed by atoms with Crippen molar-refractivity contribution in [2.45, 2.75) is 24.3 Å². The van der Waals surface area contributed by atoms with E-state index in [9.17, 15) is 13.2 Å². The highest BCUT2D eigenvalue weighted by Gasteiger charge is 2.42. The third-order valence-electron chi connectivity index (χ3n) is 2.40. The monoisotopic (exact) mass is 246 g/mol. The molecule has 0 saturated heterocycles. The molecule has 0 aromatic carbocycles. The first-order valence-electron chi connectivity index (χ1n) is 4.61. The van der Waals surface area contributed by atoms with Gasteiger partial charge in [-0.15, -0.1) is 0 Å². The number of aryl methyl sites for hydroxylation is 1. The number of rotatable bonds is 4. The van der Waals surface area contributed by atoms with E-state index in [4.69, 9.17) is 5.11 Å². The van der Waals surface area contributed by atoms with Crippen LogP contribution >= 0.6 is 0 Å². The molecule has 0 fully saturated rings. The molecule has 0 aliphatic carbocycles. The van der Waals surface area contributed by atoms with Crippen LogP contribution in [-0.4, -0.2) is 34.0 Å². The maximum atomic E-state index is 11.8. The van der Waals surface area contributed by atoms with Crippen LogP contribution in [0.1, 0.15) is 19.5 Å². The molecule has 0 aliphatic rings. The minimum atomic E-state index is -3.77. The Hall–Kier alpha value is -1.37. The van der Waals surface area contributed by atoms with Crippen molar-refractivity contribution in [1.29, 1.82) is 0 Å². The van der Waals surface area contributed by atoms with Crippen molar-refractivity contribution in [3.63, 3.8) is 0 Å². The summed E-state index contributed by atoms with van der Waals surface area (Å²) >= 11 is 0. The van der Waals surface area contributed by atoms with Crippen LogP contribution in [0.2, 0.25) is 0 Å². The van der Waals surface area contributed by atoms with Crippen molar-refractivity contribution in [3.05, 3.63) is 18.0 Å². The molecule has 0 unspecified atom stereocenters. The molecule has 1 heterocycles. The molecule has 0 aliphatic heterocycles. The lowest BCUT2D eigenvalue weighted by Crippen LogP contribution is -2.41. The lowest BCUT2D eigenvalue weighted by molar-refractivity contribution is -0.139. The maximum absolute atomic E-state index is 11.8. The molecule has 1 aromatic rings. The summed E-state index contributed by atoms with van der Waals surface area (Å²) in [5.41, 5.74) is 0.344. The second-order valence-electron chi connectivity index (χ2n) is 4.06. The Bertz CT molecular complexity index is 501. The standard InChI is InChI=1S/C9H14N2O4S/c1-9(2,8(12)13)16(14,15)6-7-4-5-11(3)10-7/h4-5H,6H2,1-3H3,(H,12,13). The number of carbonyl (C=O) groups is 1. The lowest BCUT2D eigenvalue weighted by Gasteiger charge is -2.18. The molecule has 16 heavy (non-hydrogen) atoms. The molecule has 1 N–H and O–H groups in total. The highest BCUT2D eigenvalue weighted by molar-refractivity contribution is 7.92. The van der Waals surface area contributed by atoms with Gasteiger partial charge in [0.25, 0.3) is 0 Å². The third-order valence-corrected chi connectivity index (χ3v) is 4.80. The van der Waals surface area contributed by atoms with Gasteiger partial charge in [0, 0.05) is 13.2 Å². The van der Waals surface area contributed by atoms with Gasteiger partial charge >= 0.3 is 5.97 Å². The van der Waals surface area contributed by atoms with Crippen LogP contribution in [0.4, 0.5) is 0 Å². The Balaban J connectivity index is 3.01. The first kappa shape index (κ1) is 12.7. The van der Waals surface area contributed by atoms with Crippen molar-refractivity contribution in [2.24, 2.45) is 7.05 Å². The van der Waals surface area contributed by atoms with E-state index in [2.05, 4.69) is 5.10 Å². The molecule has 0 bridgehead atoms. The Morgan fingerprint density at radius 2 is 2.12 bits per heavy atom. The van der Waals surface area contributed by atoms with E-state index in [-0.39, 0.29) is 5.75 Å². The Labute approximate surface area is 93.8 Å². The first-order valence-corrected chi connectivity index (χ1v) is 6.26. The molecule has 0 atom stereocenters. The van der Waals surface area contributed by atoms with Gasteiger partial charge in [-0.2, -0.15) is 5.10 Å². The van der Waals surface area contributed by atoms with Crippen molar-refractivity contribution < 1.29 is 18.3 Å². The molecular formula is C9H14N2O4S. The zero-order chi connectivity index (χ0) is 12.6. The molecule has 0 saturated carbocycles. The molecule has 0 spiro atoms. The molecule has 0 radical (unpaired) electrons. The lowest BCUT2D eigenvalue weighted by atomic mass is 10.2. The summed E-state index contributed by atoms with van der Waals surface area (Å²) in [7, 11) is -2.11. The predicted octanol–water partition coefficient (Wildman–Crippen LogP) is 0.198. The maximum Gasteiger partial charge on any atom is 0.324 e. The van der Waals surface area contributed by atoms with Crippen LogP contribution in [0.5, 0.6) is 0 Å². The van der Waals surface area contributed by atoms with E-state index in [1.165, 1.54) is 18.5 Å². The third kappa shape index (κ3) is 2.24. The van der Waals surface area contributed by atoms with Crippen LogP contribution in [0.3, 0.4) is 0 Å². The van der Waals surface area contributed by atoms with Crippen LogP contribution in [-0.2, 0) is 27.4 Å². The van der Waals surface area contributed by atoms with Gasteiger partial charge in [-0.3, -0.25) is 9.48 Å². The molecule has 6 nitrogen and oxygen atoms in total. The van der Waals surface area contributed by atoms with Crippen LogP contribution < -0.4 is 0 Å². The average molecular weight is 246 g/mol. The van der Waals surface area contributed by atoms with Crippen LogP contribution in [0, 0.1) is 0 Å². The number of hydrogen-bond donors (Lipinski definition) is 1. The first-order chi connectivity index (χ1) is 7.17. The summed E-state index contributed by atoms with van der Waals surface area (Å²) in [6.45, 7) is 2.35. The highest BCUT2D eigenvalue weighted by atomic mass is 32.2. The van der Waals surface area contributed by atoms with E-state index in [1.807, 2.05) is 0 Å². The average Bonchev–Trinajstić information content (AvgIpc) is 2.49. The second kappa shape index (κ2) is 3.89. The number of sulfone groups is 1. The Morgan fingerprint density at radius 1 is 1.56 bits per heavy atom. The molecule has 1 aromatic heterocycles. The normalized spacial score (nSPS) is 12.7. The fourth-order valence-corrected chi connectivity index (χ4v) is 2.22. The number of carboxylic acid groups (broad SMARTS) is 1. The van der Waals surface area contributed by atoms with E-state index in [0.717, 1.165) is 0 Å². The zero-order valence-corrected chi connectivity index (χ0v) is 10.2. The molecule has 0 amide bonds. The van der Waals surface area contributed by atoms with Gasteiger partial charge < -0.3 is 5.11 Å². The van der Waals surface area contributed by atoms with Gasteiger partial charge in [-0.05, 0) is 19.9 Å². The number of nitrogens with zero attached hydrogens (tertiary/aromatic N) is 2. The SMILES string of the molecule is Cn1ccc(CS(=O)(=O)C(C)(C)C(=O)O)n1. The summed E-state index contributed by atoms with van der Waals surface area (Å²) in [5.74, 6) is -1.73. The highest BCUT2D eigenvalue weighted by Crippen LogP contribution is 2.20. The Kier molecular flexibility index (Phi) is 3.09. The molecule has 1 rings (SSSR count). The number of aromatic nitrogens is 2. The largest absolute Gasteiger partial charge is 0.480 e. The minimum absolute atomic E-state index is 0.344. The van der Waals surface area contributed by atoms with Gasteiger partial charge in [0.05, 0.1) is 11.4 Å². The quantitative estimate of drug-likeness (QED) is 0.819. The summed E-state index contributed by atoms with van der Waals surface area (Å²) in [5, 5.41) is 12.8. The van der Waals surface area contributed by atoms with E-state index in [0.29, 0.717) is 5.69 Å². The zero-order valence-electron chi connectivity index (χ0n) is 9.34. The predicted molar refractivity (Wildman–Crippen MR) is 57.5 cm³/mol. The smallest absolute Gasteiger partial charge is 0.324 e. The van der Waals surface area contributed by atoms with Gasteiger partial charge in [-0.25, -0.2) is 8.42 Å². The van der Waals surface area contributed by atoms with Gasteiger partial charge in [0.15, 0.2) is 14.6 Å². The van der Waals surface area contributed by atoms with E-state index in [1.54, 1.807) is 19.3 Å². The number of carboxylic acids is 1. The van der Waals surface area contributed by atoms with Crippen molar-refractivity contribution >= 4 is 15.8 Å². The second-order valence-corrected chi connectivity index (χ2v) is 6.59. The molecule has 7 heteroatoms. The van der Waals surface area contributed by atoms with E-state index < -0.39 is 20.6 Å². The molecule has 90 valence electrons. The number of aliphatic carboxylic acids is 1. The van der Waals surface area contributed by atoms with Gasteiger partial charge in [0.1, 0.15) is 0 Å². The Morgan fingerprint density at radius 3 is 2.50 bits per heavy atom. The van der Waals surface area contributed by atoms with Crippen LogP contribution in [0.15, 0.2) is 12.3 Å². The number of hydrogen-bond acceptors (Lipinski definition) is 4. The van der Waals surface area contributed by atoms with Crippen molar-refractivity contribution in [3.8, 4) is 0 Å². The van der Waals surface area contributed by atoms with E-state index >= 15 is 0 Å². The molecular weight excluding hydrogens is 232 g/mol. The minimum Gasteiger partial charge on any atom is -0.480 e. The van der Waals surface area contributed by atoms with Gasteiger partial charge in [0.2, 0.25) is 0 Å². The summed E-state index contributed by atoms with van der Waals surface area (Å²) < 4.78 is 23.4. The summed E-state index contributed by atoms with van der Waals surface area (Å²) in [6.07, 6.45) is 1.61. The summed E-state index contributed by atoms with van der Waals surface area (Å²) in [4.78, 5) is 10.9. The van der Waals surface area contributed by atoms with Crippen molar-refractivity contribution in [2.75, 3.05) is 0 Å². The van der Waals surface area contributed by atoms with Crippen LogP contribution in [0.25, 0.3) is 0 Å². The fraction of sp³-hybridized carbons (Fsp3) is 0.556. The summed E-state index contributed by atoms with van der Waals surface area (Å²) in [6, 6.07) is 1.55. The topological polar surface area (TPSA) is 89.3 Å².